The molecule has 36 heavy (non-hydrogen) atoms. The summed E-state index contributed by atoms with van der Waals surface area (Å²) in [4.78, 5) is 12.8. The lowest BCUT2D eigenvalue weighted by Crippen LogP contribution is -2.31. The van der Waals surface area contributed by atoms with Crippen LogP contribution in [0.15, 0.2) is 84.0 Å². The van der Waals surface area contributed by atoms with Gasteiger partial charge in [-0.05, 0) is 42.2 Å². The average Bonchev–Trinajstić information content (AvgIpc) is 3.30. The average molecular weight is 540 g/mol. The van der Waals surface area contributed by atoms with Gasteiger partial charge in [0.25, 0.3) is 0 Å². The van der Waals surface area contributed by atoms with Gasteiger partial charge >= 0.3 is 0 Å². The second kappa shape index (κ2) is 12.9. The highest BCUT2D eigenvalue weighted by Crippen LogP contribution is 2.33. The number of hydrogen-bond acceptors (Lipinski definition) is 4. The molecule has 4 rings (SSSR count). The molecule has 1 atom stereocenters. The number of unbranched alkanes of at least 4 members (excludes halogenated alkanes) is 1. The fourth-order valence-electron chi connectivity index (χ4n) is 3.87. The van der Waals surface area contributed by atoms with E-state index in [4.69, 9.17) is 23.2 Å². The summed E-state index contributed by atoms with van der Waals surface area (Å²) in [6.07, 6.45) is 2.82. The molecule has 1 unspecified atom stereocenters. The molecule has 186 valence electrons. The smallest absolute Gasteiger partial charge is 0.220 e. The Morgan fingerprint density at radius 1 is 0.972 bits per heavy atom. The van der Waals surface area contributed by atoms with Crippen molar-refractivity contribution >= 4 is 40.9 Å². The zero-order valence-corrected chi connectivity index (χ0v) is 22.4. The lowest BCUT2D eigenvalue weighted by atomic mass is 10.0. The van der Waals surface area contributed by atoms with E-state index in [1.807, 2.05) is 59.2 Å². The van der Waals surface area contributed by atoms with Crippen LogP contribution in [0.4, 0.5) is 0 Å². The summed E-state index contributed by atoms with van der Waals surface area (Å²) in [5.74, 6) is 1.34. The fraction of sp³-hybridized carbons (Fsp3) is 0.250. The summed E-state index contributed by atoms with van der Waals surface area (Å²) in [7, 11) is 0. The highest BCUT2D eigenvalue weighted by atomic mass is 35.5. The van der Waals surface area contributed by atoms with Crippen LogP contribution in [-0.4, -0.2) is 20.7 Å². The van der Waals surface area contributed by atoms with E-state index in [2.05, 4.69) is 34.6 Å². The van der Waals surface area contributed by atoms with Crippen molar-refractivity contribution in [1.82, 2.24) is 20.1 Å². The molecule has 0 radical (unpaired) electrons. The third-order valence-electron chi connectivity index (χ3n) is 5.71. The Labute approximate surface area is 226 Å². The number of hydrogen-bond donors (Lipinski definition) is 1. The Bertz CT molecular complexity index is 1280. The monoisotopic (exact) mass is 538 g/mol. The van der Waals surface area contributed by atoms with Gasteiger partial charge in [-0.25, -0.2) is 0 Å². The lowest BCUT2D eigenvalue weighted by molar-refractivity contribution is -0.122. The van der Waals surface area contributed by atoms with Crippen LogP contribution in [0.3, 0.4) is 0 Å². The molecule has 0 saturated carbocycles. The number of nitrogens with zero attached hydrogens (tertiary/aromatic N) is 3. The van der Waals surface area contributed by atoms with Gasteiger partial charge in [-0.1, -0.05) is 109 Å². The number of thioether (sulfide) groups is 1. The standard InChI is InChI=1S/C28H28Cl2N4OS/c1-2-3-14-26(35)31-24(17-20-10-6-4-7-11-20)27-32-33-28(36-19-21-12-8-5-9-13-21)34(27)25-16-15-22(29)18-23(25)30/h4-13,15-16,18,24H,2-3,14,17,19H2,1H3,(H,31,35). The van der Waals surface area contributed by atoms with E-state index in [9.17, 15) is 4.79 Å². The first-order valence-electron chi connectivity index (χ1n) is 12.0. The zero-order valence-electron chi connectivity index (χ0n) is 20.0. The number of nitrogens with one attached hydrogen (secondary N) is 1. The van der Waals surface area contributed by atoms with Gasteiger partial charge in [0.05, 0.1) is 16.8 Å². The zero-order chi connectivity index (χ0) is 25.3. The van der Waals surface area contributed by atoms with Crippen molar-refractivity contribution in [2.75, 3.05) is 0 Å². The maximum atomic E-state index is 12.8. The van der Waals surface area contributed by atoms with Crippen LogP contribution < -0.4 is 5.32 Å². The van der Waals surface area contributed by atoms with Gasteiger partial charge in [-0.15, -0.1) is 10.2 Å². The van der Waals surface area contributed by atoms with Crippen LogP contribution in [0.25, 0.3) is 5.69 Å². The molecule has 3 aromatic carbocycles. The van der Waals surface area contributed by atoms with Gasteiger partial charge < -0.3 is 5.32 Å². The van der Waals surface area contributed by atoms with Crippen LogP contribution in [0.5, 0.6) is 0 Å². The van der Waals surface area contributed by atoms with Crippen LogP contribution in [0, 0.1) is 0 Å². The molecule has 8 heteroatoms. The largest absolute Gasteiger partial charge is 0.346 e. The third-order valence-corrected chi connectivity index (χ3v) is 7.24. The van der Waals surface area contributed by atoms with Crippen molar-refractivity contribution in [2.24, 2.45) is 0 Å². The third kappa shape index (κ3) is 6.90. The van der Waals surface area contributed by atoms with Crippen molar-refractivity contribution in [3.63, 3.8) is 0 Å². The maximum Gasteiger partial charge on any atom is 0.220 e. The Kier molecular flexibility index (Phi) is 9.45. The number of carbonyl (C=O) groups is 1. The predicted molar refractivity (Wildman–Crippen MR) is 148 cm³/mol. The fourth-order valence-corrected chi connectivity index (χ4v) is 5.27. The molecule has 0 bridgehead atoms. The minimum atomic E-state index is -0.387. The quantitative estimate of drug-likeness (QED) is 0.201. The van der Waals surface area contributed by atoms with Crippen molar-refractivity contribution < 1.29 is 4.79 Å². The first kappa shape index (κ1) is 26.3. The number of rotatable bonds is 11. The molecule has 1 heterocycles. The van der Waals surface area contributed by atoms with Gasteiger partial charge in [0.15, 0.2) is 11.0 Å². The summed E-state index contributed by atoms with van der Waals surface area (Å²) >= 11 is 14.4. The van der Waals surface area contributed by atoms with Gasteiger partial charge in [-0.2, -0.15) is 0 Å². The van der Waals surface area contributed by atoms with E-state index in [-0.39, 0.29) is 11.9 Å². The topological polar surface area (TPSA) is 59.8 Å². The molecule has 0 fully saturated rings. The lowest BCUT2D eigenvalue weighted by Gasteiger charge is -2.21. The number of halogens is 2. The molecule has 1 N–H and O–H groups in total. The van der Waals surface area contributed by atoms with Crippen LogP contribution in [0.1, 0.15) is 49.2 Å². The number of benzene rings is 3. The first-order chi connectivity index (χ1) is 17.5. The number of carbonyl (C=O) groups excluding carboxylic acids is 1. The first-order valence-corrected chi connectivity index (χ1v) is 13.7. The van der Waals surface area contributed by atoms with E-state index < -0.39 is 0 Å². The molecule has 0 aliphatic carbocycles. The predicted octanol–water partition coefficient (Wildman–Crippen LogP) is 7.46. The maximum absolute atomic E-state index is 12.8. The molecule has 5 nitrogen and oxygen atoms in total. The van der Waals surface area contributed by atoms with Gasteiger partial charge in [0.1, 0.15) is 0 Å². The van der Waals surface area contributed by atoms with Crippen molar-refractivity contribution in [2.45, 2.75) is 49.6 Å². The molecule has 0 spiro atoms. The second-order valence-corrected chi connectivity index (χ2v) is 10.2. The summed E-state index contributed by atoms with van der Waals surface area (Å²) in [6, 6.07) is 25.2. The highest BCUT2D eigenvalue weighted by Gasteiger charge is 2.26. The van der Waals surface area contributed by atoms with E-state index >= 15 is 0 Å². The van der Waals surface area contributed by atoms with Crippen molar-refractivity contribution in [1.29, 1.82) is 0 Å². The van der Waals surface area contributed by atoms with Crippen LogP contribution >= 0.6 is 35.0 Å². The Morgan fingerprint density at radius 2 is 1.67 bits per heavy atom. The van der Waals surface area contributed by atoms with Gasteiger partial charge in [-0.3, -0.25) is 9.36 Å². The molecular formula is C28H28Cl2N4OS. The minimum absolute atomic E-state index is 0.00646. The summed E-state index contributed by atoms with van der Waals surface area (Å²) in [5.41, 5.74) is 2.99. The van der Waals surface area contributed by atoms with E-state index in [1.165, 1.54) is 5.56 Å². The van der Waals surface area contributed by atoms with Crippen molar-refractivity contribution in [3.8, 4) is 5.69 Å². The molecular weight excluding hydrogens is 511 g/mol. The van der Waals surface area contributed by atoms with Crippen LogP contribution in [0.2, 0.25) is 10.0 Å². The second-order valence-electron chi connectivity index (χ2n) is 8.46. The molecule has 0 saturated heterocycles. The summed E-state index contributed by atoms with van der Waals surface area (Å²) in [5, 5.41) is 14.1. The van der Waals surface area contributed by atoms with Crippen LogP contribution in [-0.2, 0) is 17.0 Å². The highest BCUT2D eigenvalue weighted by molar-refractivity contribution is 7.98. The summed E-state index contributed by atoms with van der Waals surface area (Å²) in [6.45, 7) is 2.07. The Morgan fingerprint density at radius 3 is 2.33 bits per heavy atom. The molecule has 0 aliphatic heterocycles. The van der Waals surface area contributed by atoms with Gasteiger partial charge in [0, 0.05) is 17.2 Å². The minimum Gasteiger partial charge on any atom is -0.346 e. The number of amides is 1. The van der Waals surface area contributed by atoms with E-state index in [0.29, 0.717) is 33.9 Å². The molecule has 1 aromatic heterocycles. The Balaban J connectivity index is 1.74. The SMILES string of the molecule is CCCCC(=O)NC(Cc1ccccc1)c1nnc(SCc2ccccc2)n1-c1ccc(Cl)cc1Cl. The number of aromatic nitrogens is 3. The van der Waals surface area contributed by atoms with Crippen molar-refractivity contribution in [3.05, 3.63) is 106 Å². The Hall–Kier alpha value is -2.80. The molecule has 4 aromatic rings. The summed E-state index contributed by atoms with van der Waals surface area (Å²) < 4.78 is 1.94. The van der Waals surface area contributed by atoms with E-state index in [1.54, 1.807) is 23.9 Å². The molecule has 0 aliphatic rings. The van der Waals surface area contributed by atoms with E-state index in [0.717, 1.165) is 29.8 Å². The normalized spacial score (nSPS) is 11.9. The molecule has 1 amide bonds. The van der Waals surface area contributed by atoms with Gasteiger partial charge in [0.2, 0.25) is 5.91 Å².